The Bertz CT molecular complexity index is 827. The van der Waals surface area contributed by atoms with Crippen LogP contribution in [0.15, 0.2) is 41.8 Å². The van der Waals surface area contributed by atoms with Crippen LogP contribution >= 0.6 is 11.3 Å². The highest BCUT2D eigenvalue weighted by molar-refractivity contribution is 7.10. The van der Waals surface area contributed by atoms with Crippen molar-refractivity contribution in [3.63, 3.8) is 0 Å². The second-order valence-corrected chi connectivity index (χ2v) is 8.80. The number of carbonyl (C=O) groups is 2. The summed E-state index contributed by atoms with van der Waals surface area (Å²) in [4.78, 5) is 28.8. The van der Waals surface area contributed by atoms with Crippen LogP contribution in [0.4, 0.5) is 5.69 Å². The number of esters is 1. The average Bonchev–Trinajstić information content (AvgIpc) is 3.28. The van der Waals surface area contributed by atoms with E-state index in [1.807, 2.05) is 48.7 Å². The van der Waals surface area contributed by atoms with Gasteiger partial charge >= 0.3 is 5.97 Å². The Labute approximate surface area is 175 Å². The Kier molecular flexibility index (Phi) is 6.31. The van der Waals surface area contributed by atoms with Crippen molar-refractivity contribution in [2.75, 3.05) is 18.1 Å². The summed E-state index contributed by atoms with van der Waals surface area (Å²) in [7, 11) is 0. The van der Waals surface area contributed by atoms with Crippen LogP contribution < -0.4 is 4.90 Å². The first kappa shape index (κ1) is 20.1. The van der Waals surface area contributed by atoms with Gasteiger partial charge < -0.3 is 14.4 Å². The van der Waals surface area contributed by atoms with E-state index in [0.29, 0.717) is 19.4 Å². The van der Waals surface area contributed by atoms with Crippen LogP contribution in [0.5, 0.6) is 0 Å². The van der Waals surface area contributed by atoms with E-state index in [1.165, 1.54) is 0 Å². The van der Waals surface area contributed by atoms with Crippen molar-refractivity contribution in [1.82, 2.24) is 0 Å². The van der Waals surface area contributed by atoms with Crippen molar-refractivity contribution < 1.29 is 19.1 Å². The summed E-state index contributed by atoms with van der Waals surface area (Å²) in [5, 5.41) is 1.99. The van der Waals surface area contributed by atoms with Gasteiger partial charge in [-0.05, 0) is 56.2 Å². The number of aryl methyl sites for hydroxylation is 1. The highest BCUT2D eigenvalue weighted by atomic mass is 32.1. The maximum Gasteiger partial charge on any atom is 0.311 e. The minimum Gasteiger partial charge on any atom is -0.463 e. The number of thiophene rings is 1. The van der Waals surface area contributed by atoms with Gasteiger partial charge in [0.2, 0.25) is 5.91 Å². The third kappa shape index (κ3) is 4.54. The zero-order valence-electron chi connectivity index (χ0n) is 16.7. The normalized spacial score (nSPS) is 25.1. The number of amides is 1. The van der Waals surface area contributed by atoms with Crippen LogP contribution in [0.2, 0.25) is 0 Å². The molecule has 3 heterocycles. The second kappa shape index (κ2) is 9.09. The molecule has 4 rings (SSSR count). The van der Waals surface area contributed by atoms with E-state index in [9.17, 15) is 9.59 Å². The Balaban J connectivity index is 1.57. The molecule has 2 aromatic rings. The predicted octanol–water partition coefficient (Wildman–Crippen LogP) is 4.65. The zero-order valence-corrected chi connectivity index (χ0v) is 17.5. The third-order valence-electron chi connectivity index (χ3n) is 5.73. The molecule has 5 nitrogen and oxygen atoms in total. The Morgan fingerprint density at radius 2 is 2.03 bits per heavy atom. The summed E-state index contributed by atoms with van der Waals surface area (Å²) < 4.78 is 11.4. The van der Waals surface area contributed by atoms with Crippen LogP contribution in [-0.2, 0) is 19.1 Å². The number of nitrogens with zero attached hydrogens (tertiary/aromatic N) is 1. The molecular weight excluding hydrogens is 386 g/mol. The number of ether oxygens (including phenoxy) is 2. The lowest BCUT2D eigenvalue weighted by Gasteiger charge is -2.39. The predicted molar refractivity (Wildman–Crippen MR) is 113 cm³/mol. The number of hydrogen-bond donors (Lipinski definition) is 0. The van der Waals surface area contributed by atoms with Gasteiger partial charge in [-0.15, -0.1) is 11.3 Å². The van der Waals surface area contributed by atoms with E-state index in [0.717, 1.165) is 42.0 Å². The quantitative estimate of drug-likeness (QED) is 0.670. The number of anilines is 1. The lowest BCUT2D eigenvalue weighted by atomic mass is 9.87. The van der Waals surface area contributed by atoms with Gasteiger partial charge in [0, 0.05) is 23.6 Å². The van der Waals surface area contributed by atoms with Crippen LogP contribution in [0.1, 0.15) is 48.6 Å². The molecule has 2 saturated heterocycles. The first-order valence-electron chi connectivity index (χ1n) is 10.3. The molecule has 1 aromatic heterocycles. The molecule has 6 heteroatoms. The summed E-state index contributed by atoms with van der Waals surface area (Å²) >= 11 is 1.57. The van der Waals surface area contributed by atoms with E-state index < -0.39 is 0 Å². The van der Waals surface area contributed by atoms with Gasteiger partial charge in [0.1, 0.15) is 6.61 Å². The lowest BCUT2D eigenvalue weighted by Crippen LogP contribution is -2.46. The molecule has 3 atom stereocenters. The van der Waals surface area contributed by atoms with E-state index >= 15 is 0 Å². The Morgan fingerprint density at radius 1 is 1.21 bits per heavy atom. The average molecular weight is 414 g/mol. The topological polar surface area (TPSA) is 55.8 Å². The van der Waals surface area contributed by atoms with Crippen molar-refractivity contribution in [3.05, 3.63) is 52.2 Å². The van der Waals surface area contributed by atoms with Crippen molar-refractivity contribution in [3.8, 4) is 0 Å². The first-order valence-corrected chi connectivity index (χ1v) is 11.2. The second-order valence-electron chi connectivity index (χ2n) is 7.82. The first-order chi connectivity index (χ1) is 14.1. The molecule has 1 amide bonds. The number of carbonyl (C=O) groups excluding carboxylic acids is 2. The van der Waals surface area contributed by atoms with Crippen LogP contribution in [0, 0.1) is 12.8 Å². The Morgan fingerprint density at radius 3 is 2.72 bits per heavy atom. The molecule has 2 fully saturated rings. The number of rotatable bonds is 5. The molecule has 0 saturated carbocycles. The van der Waals surface area contributed by atoms with Gasteiger partial charge in [0.25, 0.3) is 0 Å². The summed E-state index contributed by atoms with van der Waals surface area (Å²) in [6.07, 6.45) is 3.95. The maximum atomic E-state index is 13.1. The van der Waals surface area contributed by atoms with Crippen molar-refractivity contribution in [2.45, 2.75) is 51.2 Å². The largest absolute Gasteiger partial charge is 0.463 e. The van der Waals surface area contributed by atoms with Gasteiger partial charge in [-0.3, -0.25) is 9.59 Å². The van der Waals surface area contributed by atoms with Gasteiger partial charge in [-0.1, -0.05) is 23.8 Å². The monoisotopic (exact) mass is 413 g/mol. The SMILES string of the molecule is Cc1ccc(N2C(=O)CC[C@H](C(=O)OC[C@H]3CCCCO3)[C@H]2c2cccs2)cc1. The molecule has 154 valence electrons. The standard InChI is InChI=1S/C23H27NO4S/c1-16-7-9-17(10-8-16)24-21(25)12-11-19(22(24)20-6-4-14-29-20)23(26)28-15-18-5-2-3-13-27-18/h4,6-10,14,18-19,22H,2-3,5,11-13,15H2,1H3/t18-,19+,22+/m1/s1. The van der Waals surface area contributed by atoms with Crippen LogP contribution in [0.25, 0.3) is 0 Å². The van der Waals surface area contributed by atoms with E-state index in [1.54, 1.807) is 16.2 Å². The fourth-order valence-electron chi connectivity index (χ4n) is 4.16. The summed E-state index contributed by atoms with van der Waals surface area (Å²) in [6.45, 7) is 3.05. The third-order valence-corrected chi connectivity index (χ3v) is 6.68. The molecule has 2 aliphatic heterocycles. The number of hydrogen-bond acceptors (Lipinski definition) is 5. The fraction of sp³-hybridized carbons (Fsp3) is 0.478. The molecule has 1 aromatic carbocycles. The minimum atomic E-state index is -0.378. The van der Waals surface area contributed by atoms with Crippen LogP contribution in [0.3, 0.4) is 0 Å². The highest BCUT2D eigenvalue weighted by Crippen LogP contribution is 2.42. The smallest absolute Gasteiger partial charge is 0.311 e. The van der Waals surface area contributed by atoms with E-state index in [2.05, 4.69) is 0 Å². The van der Waals surface area contributed by atoms with Gasteiger partial charge in [-0.2, -0.15) is 0 Å². The number of piperidine rings is 1. The highest BCUT2D eigenvalue weighted by Gasteiger charge is 2.43. The molecule has 2 aliphatic rings. The van der Waals surface area contributed by atoms with Crippen molar-refractivity contribution in [2.24, 2.45) is 5.92 Å². The van der Waals surface area contributed by atoms with Gasteiger partial charge in [-0.25, -0.2) is 0 Å². The van der Waals surface area contributed by atoms with Gasteiger partial charge in [0.05, 0.1) is 18.1 Å². The summed E-state index contributed by atoms with van der Waals surface area (Å²) in [5.41, 5.74) is 1.96. The molecular formula is C23H27NO4S. The molecule has 0 bridgehead atoms. The molecule has 29 heavy (non-hydrogen) atoms. The van der Waals surface area contributed by atoms with Gasteiger partial charge in [0.15, 0.2) is 0 Å². The zero-order chi connectivity index (χ0) is 20.2. The Hall–Kier alpha value is -2.18. The fourth-order valence-corrected chi connectivity index (χ4v) is 5.04. The summed E-state index contributed by atoms with van der Waals surface area (Å²) in [6, 6.07) is 11.5. The number of benzene rings is 1. The van der Waals surface area contributed by atoms with Crippen molar-refractivity contribution >= 4 is 28.9 Å². The van der Waals surface area contributed by atoms with E-state index in [4.69, 9.17) is 9.47 Å². The molecule has 0 radical (unpaired) electrons. The molecule has 0 N–H and O–H groups in total. The molecule has 0 aliphatic carbocycles. The lowest BCUT2D eigenvalue weighted by molar-refractivity contribution is -0.156. The van der Waals surface area contributed by atoms with Crippen molar-refractivity contribution in [1.29, 1.82) is 0 Å². The minimum absolute atomic E-state index is 0.00804. The maximum absolute atomic E-state index is 13.1. The molecule has 0 unspecified atom stereocenters. The summed E-state index contributed by atoms with van der Waals surface area (Å²) in [5.74, 6) is -0.564. The van der Waals surface area contributed by atoms with E-state index in [-0.39, 0.29) is 29.9 Å². The molecule has 0 spiro atoms. The van der Waals surface area contributed by atoms with Crippen LogP contribution in [-0.4, -0.2) is 31.2 Å².